The van der Waals surface area contributed by atoms with Crippen LogP contribution in [0, 0.1) is 11.8 Å². The van der Waals surface area contributed by atoms with Gasteiger partial charge in [0, 0.05) is 5.56 Å². The van der Waals surface area contributed by atoms with Crippen molar-refractivity contribution in [1.29, 1.82) is 0 Å². The van der Waals surface area contributed by atoms with E-state index in [2.05, 4.69) is 27.7 Å². The van der Waals surface area contributed by atoms with Gasteiger partial charge >= 0.3 is 11.9 Å². The van der Waals surface area contributed by atoms with Gasteiger partial charge in [-0.25, -0.2) is 9.59 Å². The largest absolute Gasteiger partial charge is 0.478 e. The molecule has 0 fully saturated rings. The fourth-order valence-corrected chi connectivity index (χ4v) is 3.19. The van der Waals surface area contributed by atoms with Gasteiger partial charge in [-0.2, -0.15) is 0 Å². The van der Waals surface area contributed by atoms with E-state index < -0.39 is 24.1 Å². The van der Waals surface area contributed by atoms with Gasteiger partial charge < -0.3 is 14.9 Å². The summed E-state index contributed by atoms with van der Waals surface area (Å²) in [5.74, 6) is -1.29. The minimum absolute atomic E-state index is 0.359. The van der Waals surface area contributed by atoms with Crippen molar-refractivity contribution < 1.29 is 24.5 Å². The fourth-order valence-electron chi connectivity index (χ4n) is 3.19. The van der Waals surface area contributed by atoms with E-state index in [9.17, 15) is 19.8 Å². The minimum atomic E-state index is -1.54. The van der Waals surface area contributed by atoms with Gasteiger partial charge in [-0.1, -0.05) is 76.2 Å². The van der Waals surface area contributed by atoms with Crippen molar-refractivity contribution in [3.8, 4) is 0 Å². The molecule has 0 aliphatic heterocycles. The molecule has 0 heterocycles. The lowest BCUT2D eigenvalue weighted by molar-refractivity contribution is -0.171. The van der Waals surface area contributed by atoms with Gasteiger partial charge in [-0.05, 0) is 41.4 Å². The molecule has 0 radical (unpaired) electrons. The van der Waals surface area contributed by atoms with Crippen molar-refractivity contribution in [2.24, 2.45) is 11.8 Å². The number of aliphatic carboxylic acids is 1. The molecule has 5 nitrogen and oxygen atoms in total. The maximum Gasteiger partial charge on any atom is 0.349 e. The van der Waals surface area contributed by atoms with Crippen LogP contribution in [-0.2, 0) is 27.2 Å². The molecule has 2 atom stereocenters. The second kappa shape index (κ2) is 10.2. The third-order valence-electron chi connectivity index (χ3n) is 4.55. The van der Waals surface area contributed by atoms with Gasteiger partial charge in [-0.3, -0.25) is 0 Å². The number of carboxylic acids is 1. The van der Waals surface area contributed by atoms with Crippen LogP contribution in [0.25, 0.3) is 0 Å². The normalized spacial score (nSPS) is 13.3. The molecule has 2 N–H and O–H groups in total. The Kier molecular flexibility index (Phi) is 7.97. The number of carboxylic acid groups (broad SMARTS) is 1. The highest BCUT2D eigenvalue weighted by Crippen LogP contribution is 2.24. The maximum absolute atomic E-state index is 12.4. The molecule has 0 saturated carbocycles. The lowest BCUT2D eigenvalue weighted by atomic mass is 9.99. The lowest BCUT2D eigenvalue weighted by Crippen LogP contribution is -2.23. The van der Waals surface area contributed by atoms with Crippen molar-refractivity contribution >= 4 is 11.9 Å². The summed E-state index contributed by atoms with van der Waals surface area (Å²) in [6.45, 7) is 8.43. The van der Waals surface area contributed by atoms with Gasteiger partial charge in [0.2, 0.25) is 6.10 Å². The standard InChI is InChI=1S/C24H30O5/c1-15(2)13-17-5-9-19(10-6-17)21(25)24(28)29-22(23(26)27)20-11-7-18(8-12-20)14-16(3)4/h5-12,15-16,21-22,25H,13-14H2,1-4H3,(H,26,27)/t21-,22-/m0/s1. The molecule has 0 aliphatic rings. The van der Waals surface area contributed by atoms with E-state index in [1.807, 2.05) is 24.3 Å². The summed E-state index contributed by atoms with van der Waals surface area (Å²) < 4.78 is 5.14. The number of hydrogen-bond acceptors (Lipinski definition) is 4. The first-order chi connectivity index (χ1) is 13.7. The summed E-state index contributed by atoms with van der Waals surface area (Å²) in [6.07, 6.45) is -1.23. The molecule has 0 aromatic heterocycles. The molecule has 2 aromatic rings. The predicted molar refractivity (Wildman–Crippen MR) is 111 cm³/mol. The number of aliphatic hydroxyl groups is 1. The molecule has 156 valence electrons. The van der Waals surface area contributed by atoms with Crippen molar-refractivity contribution in [2.45, 2.75) is 52.7 Å². The van der Waals surface area contributed by atoms with Crippen LogP contribution in [0.2, 0.25) is 0 Å². The number of rotatable bonds is 9. The van der Waals surface area contributed by atoms with Crippen LogP contribution >= 0.6 is 0 Å². The molecular weight excluding hydrogens is 368 g/mol. The van der Waals surface area contributed by atoms with Crippen LogP contribution in [0.4, 0.5) is 0 Å². The number of aliphatic hydroxyl groups excluding tert-OH is 1. The van der Waals surface area contributed by atoms with Crippen molar-refractivity contribution in [1.82, 2.24) is 0 Å². The highest BCUT2D eigenvalue weighted by atomic mass is 16.6. The number of ether oxygens (including phenoxy) is 1. The first-order valence-electron chi connectivity index (χ1n) is 9.96. The van der Waals surface area contributed by atoms with Gasteiger partial charge in [0.1, 0.15) is 0 Å². The van der Waals surface area contributed by atoms with Crippen LogP contribution in [0.1, 0.15) is 62.2 Å². The zero-order valence-electron chi connectivity index (χ0n) is 17.5. The molecule has 0 amide bonds. The third kappa shape index (κ3) is 6.71. The monoisotopic (exact) mass is 398 g/mol. The molecular formula is C24H30O5. The van der Waals surface area contributed by atoms with E-state index in [4.69, 9.17) is 4.74 Å². The second-order valence-electron chi connectivity index (χ2n) is 8.24. The van der Waals surface area contributed by atoms with Crippen molar-refractivity contribution in [3.05, 3.63) is 70.8 Å². The summed E-state index contributed by atoms with van der Waals surface area (Å²) in [5, 5.41) is 19.8. The van der Waals surface area contributed by atoms with Crippen LogP contribution in [-0.4, -0.2) is 22.2 Å². The molecule has 0 aliphatic carbocycles. The van der Waals surface area contributed by atoms with E-state index in [0.29, 0.717) is 23.0 Å². The zero-order valence-corrected chi connectivity index (χ0v) is 17.5. The van der Waals surface area contributed by atoms with Gasteiger partial charge in [0.05, 0.1) is 0 Å². The van der Waals surface area contributed by atoms with Gasteiger partial charge in [-0.15, -0.1) is 0 Å². The number of hydrogen-bond donors (Lipinski definition) is 2. The molecule has 0 spiro atoms. The van der Waals surface area contributed by atoms with Crippen molar-refractivity contribution in [2.75, 3.05) is 0 Å². The highest BCUT2D eigenvalue weighted by molar-refractivity contribution is 5.82. The maximum atomic E-state index is 12.4. The van der Waals surface area contributed by atoms with Gasteiger partial charge in [0.15, 0.2) is 6.10 Å². The Balaban J connectivity index is 2.09. The Labute approximate surface area is 172 Å². The van der Waals surface area contributed by atoms with Gasteiger partial charge in [0.25, 0.3) is 0 Å². The summed E-state index contributed by atoms with van der Waals surface area (Å²) >= 11 is 0. The zero-order chi connectivity index (χ0) is 21.6. The Morgan fingerprint density at radius 3 is 1.59 bits per heavy atom. The van der Waals surface area contributed by atoms with Crippen LogP contribution in [0.15, 0.2) is 48.5 Å². The Hall–Kier alpha value is -2.66. The van der Waals surface area contributed by atoms with Crippen molar-refractivity contribution in [3.63, 3.8) is 0 Å². The average Bonchev–Trinajstić information content (AvgIpc) is 2.65. The Bertz CT molecular complexity index is 806. The fraction of sp³-hybridized carbons (Fsp3) is 0.417. The van der Waals surface area contributed by atoms with Crippen LogP contribution in [0.5, 0.6) is 0 Å². The van der Waals surface area contributed by atoms with Crippen LogP contribution in [0.3, 0.4) is 0 Å². The molecule has 29 heavy (non-hydrogen) atoms. The molecule has 5 heteroatoms. The smallest absolute Gasteiger partial charge is 0.349 e. The molecule has 0 saturated heterocycles. The minimum Gasteiger partial charge on any atom is -0.478 e. The van der Waals surface area contributed by atoms with E-state index >= 15 is 0 Å². The SMILES string of the molecule is CC(C)Cc1ccc([C@H](O)C(=O)O[C@H](C(=O)O)c2ccc(CC(C)C)cc2)cc1. The average molecular weight is 398 g/mol. The first-order valence-corrected chi connectivity index (χ1v) is 9.96. The van der Waals surface area contributed by atoms with E-state index in [0.717, 1.165) is 24.0 Å². The summed E-state index contributed by atoms with van der Waals surface area (Å²) in [5.41, 5.74) is 2.92. The molecule has 2 aromatic carbocycles. The number of benzene rings is 2. The summed E-state index contributed by atoms with van der Waals surface area (Å²) in [6, 6.07) is 14.0. The lowest BCUT2D eigenvalue weighted by Gasteiger charge is -2.18. The van der Waals surface area contributed by atoms with E-state index in [-0.39, 0.29) is 0 Å². The Morgan fingerprint density at radius 1 is 0.793 bits per heavy atom. The third-order valence-corrected chi connectivity index (χ3v) is 4.55. The second-order valence-corrected chi connectivity index (χ2v) is 8.24. The van der Waals surface area contributed by atoms with E-state index in [1.54, 1.807) is 24.3 Å². The summed E-state index contributed by atoms with van der Waals surface area (Å²) in [4.78, 5) is 24.0. The topological polar surface area (TPSA) is 83.8 Å². The summed E-state index contributed by atoms with van der Waals surface area (Å²) in [7, 11) is 0. The predicted octanol–water partition coefficient (Wildman–Crippen LogP) is 4.49. The quantitative estimate of drug-likeness (QED) is 0.608. The molecule has 0 unspecified atom stereocenters. The molecule has 0 bridgehead atoms. The number of carbonyl (C=O) groups excluding carboxylic acids is 1. The first kappa shape index (κ1) is 22.6. The number of esters is 1. The Morgan fingerprint density at radius 2 is 1.21 bits per heavy atom. The highest BCUT2D eigenvalue weighted by Gasteiger charge is 2.28. The van der Waals surface area contributed by atoms with E-state index in [1.165, 1.54) is 0 Å². The molecule has 2 rings (SSSR count). The van der Waals surface area contributed by atoms with Crippen LogP contribution < -0.4 is 0 Å². The number of carbonyl (C=O) groups is 2.